The number of hydrogen-bond acceptors (Lipinski definition) is 5. The van der Waals surface area contributed by atoms with E-state index in [4.69, 9.17) is 4.74 Å². The third-order valence-electron chi connectivity index (χ3n) is 5.68. The molecule has 0 spiro atoms. The maximum Gasteiger partial charge on any atom is 0.220 e. The van der Waals surface area contributed by atoms with Crippen LogP contribution in [0.5, 0.6) is 0 Å². The first-order valence-electron chi connectivity index (χ1n) is 9.48. The van der Waals surface area contributed by atoms with Crippen molar-refractivity contribution in [2.75, 3.05) is 26.3 Å². The third kappa shape index (κ3) is 5.18. The Balaban J connectivity index is 0.00000243. The molecule has 2 aliphatic rings. The molecule has 2 fully saturated rings. The van der Waals surface area contributed by atoms with Crippen molar-refractivity contribution in [2.45, 2.75) is 51.6 Å². The summed E-state index contributed by atoms with van der Waals surface area (Å²) in [5.41, 5.74) is 0. The van der Waals surface area contributed by atoms with Crippen molar-refractivity contribution in [1.82, 2.24) is 25.0 Å². The van der Waals surface area contributed by atoms with Gasteiger partial charge in [0.05, 0.1) is 0 Å². The van der Waals surface area contributed by atoms with Crippen LogP contribution in [0.15, 0.2) is 6.33 Å². The smallest absolute Gasteiger partial charge is 0.220 e. The van der Waals surface area contributed by atoms with Gasteiger partial charge in [-0.1, -0.05) is 13.8 Å². The second kappa shape index (κ2) is 9.67. The molecule has 1 aromatic heterocycles. The molecule has 0 saturated carbocycles. The number of aromatic nitrogens is 3. The van der Waals surface area contributed by atoms with Crippen LogP contribution < -0.4 is 5.32 Å². The lowest BCUT2D eigenvalue weighted by Crippen LogP contribution is -2.43. The number of likely N-dealkylation sites (tertiary alicyclic amines) is 1. The highest BCUT2D eigenvalue weighted by molar-refractivity contribution is 5.85. The fourth-order valence-electron chi connectivity index (χ4n) is 4.07. The molecule has 2 aliphatic heterocycles. The standard InChI is InChI=1S/C18H31N5O2.ClH/c1-13(2)15-10-23(14-6-8-25-9-7-14)11-16(15)20-18(24)5-4-17-21-19-12-22(17)3;/h12-16H,4-11H2,1-3H3,(H,20,24);1H/t15-,16+;/m1./s1. The van der Waals surface area contributed by atoms with Gasteiger partial charge in [0.2, 0.25) is 5.91 Å². The minimum Gasteiger partial charge on any atom is -0.381 e. The van der Waals surface area contributed by atoms with Gasteiger partial charge in [-0.25, -0.2) is 0 Å². The average molecular weight is 386 g/mol. The molecule has 148 valence electrons. The number of amides is 1. The van der Waals surface area contributed by atoms with Crippen molar-refractivity contribution in [3.05, 3.63) is 12.2 Å². The normalized spacial score (nSPS) is 24.6. The Bertz CT molecular complexity index is 574. The van der Waals surface area contributed by atoms with Crippen LogP contribution in [0, 0.1) is 11.8 Å². The topological polar surface area (TPSA) is 72.3 Å². The Labute approximate surface area is 162 Å². The number of nitrogens with zero attached hydrogens (tertiary/aromatic N) is 4. The van der Waals surface area contributed by atoms with Gasteiger partial charge in [-0.05, 0) is 24.7 Å². The van der Waals surface area contributed by atoms with E-state index in [1.807, 2.05) is 11.6 Å². The number of carbonyl (C=O) groups is 1. The van der Waals surface area contributed by atoms with Crippen molar-refractivity contribution < 1.29 is 9.53 Å². The van der Waals surface area contributed by atoms with Crippen molar-refractivity contribution >= 4 is 18.3 Å². The molecular weight excluding hydrogens is 354 g/mol. The van der Waals surface area contributed by atoms with Gasteiger partial charge in [0, 0.05) is 58.3 Å². The molecule has 8 heteroatoms. The number of rotatable bonds is 6. The third-order valence-corrected chi connectivity index (χ3v) is 5.68. The fourth-order valence-corrected chi connectivity index (χ4v) is 4.07. The molecule has 2 atom stereocenters. The van der Waals surface area contributed by atoms with Gasteiger partial charge < -0.3 is 14.6 Å². The first-order valence-corrected chi connectivity index (χ1v) is 9.48. The van der Waals surface area contributed by atoms with Gasteiger partial charge >= 0.3 is 0 Å². The zero-order chi connectivity index (χ0) is 17.8. The van der Waals surface area contributed by atoms with Gasteiger partial charge in [-0.15, -0.1) is 22.6 Å². The molecule has 0 aliphatic carbocycles. The zero-order valence-corrected chi connectivity index (χ0v) is 16.9. The molecule has 3 rings (SSSR count). The Kier molecular flexibility index (Phi) is 7.85. The number of nitrogens with one attached hydrogen (secondary N) is 1. The minimum atomic E-state index is 0. The van der Waals surface area contributed by atoms with Gasteiger partial charge in [0.25, 0.3) is 0 Å². The van der Waals surface area contributed by atoms with Crippen LogP contribution in [-0.4, -0.2) is 64.0 Å². The molecule has 2 saturated heterocycles. The quantitative estimate of drug-likeness (QED) is 0.801. The predicted octanol–water partition coefficient (Wildman–Crippen LogP) is 1.42. The lowest BCUT2D eigenvalue weighted by atomic mass is 9.91. The molecular formula is C18H32ClN5O2. The van der Waals surface area contributed by atoms with Crippen molar-refractivity contribution in [1.29, 1.82) is 0 Å². The number of hydrogen-bond donors (Lipinski definition) is 1. The molecule has 0 aromatic carbocycles. The Morgan fingerprint density at radius 3 is 2.69 bits per heavy atom. The van der Waals surface area contributed by atoms with E-state index in [9.17, 15) is 4.79 Å². The first-order chi connectivity index (χ1) is 12.0. The Morgan fingerprint density at radius 1 is 1.35 bits per heavy atom. The van der Waals surface area contributed by atoms with Crippen molar-refractivity contribution in [3.8, 4) is 0 Å². The fraction of sp³-hybridized carbons (Fsp3) is 0.833. The molecule has 1 aromatic rings. The van der Waals surface area contributed by atoms with Gasteiger partial charge in [-0.3, -0.25) is 9.69 Å². The number of ether oxygens (including phenoxy) is 1. The van der Waals surface area contributed by atoms with E-state index >= 15 is 0 Å². The van der Waals surface area contributed by atoms with Gasteiger partial charge in [0.1, 0.15) is 12.2 Å². The second-order valence-electron chi connectivity index (χ2n) is 7.74. The predicted molar refractivity (Wildman–Crippen MR) is 102 cm³/mol. The maximum absolute atomic E-state index is 12.4. The molecule has 26 heavy (non-hydrogen) atoms. The molecule has 1 amide bonds. The summed E-state index contributed by atoms with van der Waals surface area (Å²) >= 11 is 0. The number of carbonyl (C=O) groups excluding carboxylic acids is 1. The average Bonchev–Trinajstić information content (AvgIpc) is 3.20. The molecule has 3 heterocycles. The highest BCUT2D eigenvalue weighted by atomic mass is 35.5. The summed E-state index contributed by atoms with van der Waals surface area (Å²) in [5.74, 6) is 2.05. The molecule has 1 N–H and O–H groups in total. The largest absolute Gasteiger partial charge is 0.381 e. The summed E-state index contributed by atoms with van der Waals surface area (Å²) < 4.78 is 7.36. The SMILES string of the molecule is CC(C)[C@H]1CN(C2CCOCC2)C[C@@H]1NC(=O)CCc1nncn1C.Cl. The van der Waals surface area contributed by atoms with E-state index in [0.717, 1.165) is 45.0 Å². The van der Waals surface area contributed by atoms with Crippen LogP contribution >= 0.6 is 12.4 Å². The Hall–Kier alpha value is -1.18. The van der Waals surface area contributed by atoms with E-state index < -0.39 is 0 Å². The number of halogens is 1. The molecule has 7 nitrogen and oxygen atoms in total. The summed E-state index contributed by atoms with van der Waals surface area (Å²) in [6.07, 6.45) is 4.98. The van der Waals surface area contributed by atoms with Crippen molar-refractivity contribution in [2.24, 2.45) is 18.9 Å². The summed E-state index contributed by atoms with van der Waals surface area (Å²) in [5, 5.41) is 11.2. The van der Waals surface area contributed by atoms with Crippen LogP contribution in [-0.2, 0) is 23.0 Å². The summed E-state index contributed by atoms with van der Waals surface area (Å²) in [6.45, 7) is 8.29. The van der Waals surface area contributed by atoms with Crippen LogP contribution in [0.1, 0.15) is 38.9 Å². The van der Waals surface area contributed by atoms with E-state index in [0.29, 0.717) is 30.7 Å². The van der Waals surface area contributed by atoms with Crippen LogP contribution in [0.4, 0.5) is 0 Å². The lowest BCUT2D eigenvalue weighted by molar-refractivity contribution is -0.122. The van der Waals surface area contributed by atoms with E-state index in [-0.39, 0.29) is 24.4 Å². The monoisotopic (exact) mass is 385 g/mol. The first kappa shape index (κ1) is 21.1. The van der Waals surface area contributed by atoms with E-state index in [1.54, 1.807) is 6.33 Å². The van der Waals surface area contributed by atoms with Crippen LogP contribution in [0.3, 0.4) is 0 Å². The lowest BCUT2D eigenvalue weighted by Gasteiger charge is -2.31. The summed E-state index contributed by atoms with van der Waals surface area (Å²) in [7, 11) is 1.91. The zero-order valence-electron chi connectivity index (χ0n) is 16.1. The second-order valence-corrected chi connectivity index (χ2v) is 7.74. The minimum absolute atomic E-state index is 0. The molecule has 0 bridgehead atoms. The Morgan fingerprint density at radius 2 is 2.08 bits per heavy atom. The van der Waals surface area contributed by atoms with Crippen LogP contribution in [0.25, 0.3) is 0 Å². The maximum atomic E-state index is 12.4. The van der Waals surface area contributed by atoms with Crippen molar-refractivity contribution in [3.63, 3.8) is 0 Å². The molecule has 0 radical (unpaired) electrons. The van der Waals surface area contributed by atoms with Crippen LogP contribution in [0.2, 0.25) is 0 Å². The van der Waals surface area contributed by atoms with E-state index in [2.05, 4.69) is 34.3 Å². The summed E-state index contributed by atoms with van der Waals surface area (Å²) in [6, 6.07) is 0.852. The summed E-state index contributed by atoms with van der Waals surface area (Å²) in [4.78, 5) is 15.0. The highest BCUT2D eigenvalue weighted by Gasteiger charge is 2.38. The number of aryl methyl sites for hydroxylation is 2. The highest BCUT2D eigenvalue weighted by Crippen LogP contribution is 2.28. The van der Waals surface area contributed by atoms with Gasteiger partial charge in [0.15, 0.2) is 0 Å². The van der Waals surface area contributed by atoms with Gasteiger partial charge in [-0.2, -0.15) is 0 Å². The molecule has 0 unspecified atom stereocenters. The van der Waals surface area contributed by atoms with E-state index in [1.165, 1.54) is 0 Å².